The lowest BCUT2D eigenvalue weighted by Gasteiger charge is -2.16. The van der Waals surface area contributed by atoms with Gasteiger partial charge in [-0.1, -0.05) is 71.2 Å². The highest BCUT2D eigenvalue weighted by atomic mass is 35.5. The number of benzene rings is 3. The first kappa shape index (κ1) is 24.6. The maximum Gasteiger partial charge on any atom is 0.180 e. The summed E-state index contributed by atoms with van der Waals surface area (Å²) < 4.78 is 11.7. The lowest BCUT2D eigenvalue weighted by Crippen LogP contribution is -2.13. The Morgan fingerprint density at radius 3 is 2.03 bits per heavy atom. The van der Waals surface area contributed by atoms with Crippen LogP contribution in [-0.2, 0) is 19.7 Å². The van der Waals surface area contributed by atoms with Crippen molar-refractivity contribution in [3.05, 3.63) is 92.4 Å². The van der Waals surface area contributed by atoms with Gasteiger partial charge in [0, 0.05) is 28.7 Å². The molecule has 0 spiro atoms. The molecule has 3 aromatic carbocycles. The van der Waals surface area contributed by atoms with E-state index in [1.807, 2.05) is 67.6 Å². The van der Waals surface area contributed by atoms with Crippen LogP contribution in [0.3, 0.4) is 0 Å². The number of rotatable bonds is 9. The zero-order valence-electron chi connectivity index (χ0n) is 16.5. The van der Waals surface area contributed by atoms with Gasteiger partial charge in [-0.25, -0.2) is 0 Å². The molecule has 0 bridgehead atoms. The van der Waals surface area contributed by atoms with E-state index in [9.17, 15) is 0 Å². The van der Waals surface area contributed by atoms with Gasteiger partial charge in [-0.15, -0.1) is 12.4 Å². The maximum atomic E-state index is 6.51. The number of nitrogens with one attached hydrogen (secondary N) is 1. The smallest absolute Gasteiger partial charge is 0.180 e. The van der Waals surface area contributed by atoms with Crippen molar-refractivity contribution in [2.75, 3.05) is 6.61 Å². The predicted molar refractivity (Wildman–Crippen MR) is 128 cm³/mol. The number of ether oxygens (including phenoxy) is 2. The molecule has 3 nitrogen and oxygen atoms in total. The summed E-state index contributed by atoms with van der Waals surface area (Å²) in [4.78, 5) is 0. The van der Waals surface area contributed by atoms with Crippen LogP contribution in [0.2, 0.25) is 15.1 Å². The second kappa shape index (κ2) is 12.3. The molecule has 3 aromatic rings. The van der Waals surface area contributed by atoms with Crippen molar-refractivity contribution in [2.45, 2.75) is 26.6 Å². The van der Waals surface area contributed by atoms with Crippen LogP contribution in [0.25, 0.3) is 0 Å². The van der Waals surface area contributed by atoms with Crippen LogP contribution in [0.1, 0.15) is 23.6 Å². The molecule has 0 amide bonds. The van der Waals surface area contributed by atoms with Gasteiger partial charge < -0.3 is 14.8 Å². The normalized spacial score (nSPS) is 10.4. The van der Waals surface area contributed by atoms with Crippen molar-refractivity contribution in [2.24, 2.45) is 0 Å². The summed E-state index contributed by atoms with van der Waals surface area (Å²) in [5, 5.41) is 5.28. The minimum atomic E-state index is 0. The van der Waals surface area contributed by atoms with E-state index in [2.05, 4.69) is 5.32 Å². The van der Waals surface area contributed by atoms with E-state index >= 15 is 0 Å². The van der Waals surface area contributed by atoms with Gasteiger partial charge in [0.15, 0.2) is 11.5 Å². The summed E-state index contributed by atoms with van der Waals surface area (Å²) in [6.45, 7) is 4.02. The Morgan fingerprint density at radius 1 is 0.767 bits per heavy atom. The molecule has 1 N–H and O–H groups in total. The Kier molecular flexibility index (Phi) is 10.1. The van der Waals surface area contributed by atoms with E-state index in [0.717, 1.165) is 21.7 Å². The molecule has 160 valence electrons. The molecule has 0 unspecified atom stereocenters. The number of hydrogen-bond donors (Lipinski definition) is 1. The molecule has 0 aliphatic rings. The van der Waals surface area contributed by atoms with Crippen LogP contribution >= 0.6 is 47.2 Å². The van der Waals surface area contributed by atoms with E-state index < -0.39 is 0 Å². The number of hydrogen-bond acceptors (Lipinski definition) is 3. The van der Waals surface area contributed by atoms with Gasteiger partial charge in [-0.3, -0.25) is 0 Å². The van der Waals surface area contributed by atoms with Crippen LogP contribution in [0.4, 0.5) is 0 Å². The Balaban J connectivity index is 0.00000320. The van der Waals surface area contributed by atoms with E-state index in [-0.39, 0.29) is 12.4 Å². The first-order chi connectivity index (χ1) is 14.1. The van der Waals surface area contributed by atoms with Gasteiger partial charge in [-0.2, -0.15) is 0 Å². The SMILES string of the molecule is CCOc1cc(CNCc2ccccc2Cl)cc(Cl)c1OCc1ccccc1Cl.Cl. The zero-order valence-corrected chi connectivity index (χ0v) is 19.5. The molecule has 7 heteroatoms. The van der Waals surface area contributed by atoms with Crippen LogP contribution in [0, 0.1) is 0 Å². The second-order valence-corrected chi connectivity index (χ2v) is 7.63. The van der Waals surface area contributed by atoms with Crippen molar-refractivity contribution >= 4 is 47.2 Å². The van der Waals surface area contributed by atoms with E-state index in [0.29, 0.717) is 47.8 Å². The largest absolute Gasteiger partial charge is 0.490 e. The molecular formula is C23H23Cl4NO2. The summed E-state index contributed by atoms with van der Waals surface area (Å²) >= 11 is 18.9. The minimum absolute atomic E-state index is 0. The van der Waals surface area contributed by atoms with E-state index in [4.69, 9.17) is 44.3 Å². The molecule has 0 saturated carbocycles. The Hall–Kier alpha value is -1.62. The lowest BCUT2D eigenvalue weighted by atomic mass is 10.1. The standard InChI is InChI=1S/C23H22Cl3NO2.ClH/c1-2-28-22-12-16(13-27-14-17-7-3-5-9-19(17)24)11-21(26)23(22)29-15-18-8-4-6-10-20(18)25;/h3-12,27H,2,13-15H2,1H3;1H. The highest BCUT2D eigenvalue weighted by Gasteiger charge is 2.14. The molecular weight excluding hydrogens is 464 g/mol. The van der Waals surface area contributed by atoms with Gasteiger partial charge in [0.1, 0.15) is 6.61 Å². The second-order valence-electron chi connectivity index (χ2n) is 6.41. The summed E-state index contributed by atoms with van der Waals surface area (Å²) in [5.74, 6) is 1.13. The predicted octanol–water partition coefficient (Wildman–Crippen LogP) is 7.34. The molecule has 0 radical (unpaired) electrons. The van der Waals surface area contributed by atoms with Gasteiger partial charge in [-0.05, 0) is 42.3 Å². The van der Waals surface area contributed by atoms with E-state index in [1.54, 1.807) is 0 Å². The van der Waals surface area contributed by atoms with Crippen LogP contribution < -0.4 is 14.8 Å². The first-order valence-electron chi connectivity index (χ1n) is 9.34. The van der Waals surface area contributed by atoms with Crippen molar-refractivity contribution in [3.63, 3.8) is 0 Å². The zero-order chi connectivity index (χ0) is 20.6. The molecule has 0 saturated heterocycles. The third-order valence-electron chi connectivity index (χ3n) is 4.30. The number of halogens is 4. The summed E-state index contributed by atoms with van der Waals surface area (Å²) in [6.07, 6.45) is 0. The van der Waals surface area contributed by atoms with Gasteiger partial charge in [0.05, 0.1) is 11.6 Å². The van der Waals surface area contributed by atoms with Crippen LogP contribution in [-0.4, -0.2) is 6.61 Å². The van der Waals surface area contributed by atoms with E-state index in [1.165, 1.54) is 0 Å². The fourth-order valence-corrected chi connectivity index (χ4v) is 3.56. The molecule has 0 fully saturated rings. The molecule has 30 heavy (non-hydrogen) atoms. The highest BCUT2D eigenvalue weighted by molar-refractivity contribution is 6.32. The third-order valence-corrected chi connectivity index (χ3v) is 5.32. The molecule has 0 atom stereocenters. The molecule has 0 heterocycles. The van der Waals surface area contributed by atoms with Crippen LogP contribution in [0.5, 0.6) is 11.5 Å². The molecule has 0 aromatic heterocycles. The van der Waals surface area contributed by atoms with Crippen molar-refractivity contribution in [3.8, 4) is 11.5 Å². The topological polar surface area (TPSA) is 30.5 Å². The highest BCUT2D eigenvalue weighted by Crippen LogP contribution is 2.37. The molecule has 3 rings (SSSR count). The quantitative estimate of drug-likeness (QED) is 0.343. The molecule has 0 aliphatic carbocycles. The van der Waals surface area contributed by atoms with Gasteiger partial charge in [0.25, 0.3) is 0 Å². The minimum Gasteiger partial charge on any atom is -0.490 e. The fraction of sp³-hybridized carbons (Fsp3) is 0.217. The van der Waals surface area contributed by atoms with Gasteiger partial charge in [0.2, 0.25) is 0 Å². The van der Waals surface area contributed by atoms with Crippen molar-refractivity contribution in [1.29, 1.82) is 0 Å². The molecule has 0 aliphatic heterocycles. The fourth-order valence-electron chi connectivity index (χ4n) is 2.88. The maximum absolute atomic E-state index is 6.51. The Labute approximate surface area is 198 Å². The Bertz CT molecular complexity index is 966. The summed E-state index contributed by atoms with van der Waals surface area (Å²) in [7, 11) is 0. The van der Waals surface area contributed by atoms with Crippen molar-refractivity contribution < 1.29 is 9.47 Å². The van der Waals surface area contributed by atoms with Crippen molar-refractivity contribution in [1.82, 2.24) is 5.32 Å². The van der Waals surface area contributed by atoms with Gasteiger partial charge >= 0.3 is 0 Å². The lowest BCUT2D eigenvalue weighted by molar-refractivity contribution is 0.269. The average Bonchev–Trinajstić information content (AvgIpc) is 2.70. The third kappa shape index (κ3) is 6.69. The monoisotopic (exact) mass is 485 g/mol. The summed E-state index contributed by atoms with van der Waals surface area (Å²) in [5.41, 5.74) is 2.93. The Morgan fingerprint density at radius 2 is 1.40 bits per heavy atom. The first-order valence-corrected chi connectivity index (χ1v) is 10.5. The average molecular weight is 487 g/mol. The van der Waals surface area contributed by atoms with Crippen LogP contribution in [0.15, 0.2) is 60.7 Å². The summed E-state index contributed by atoms with van der Waals surface area (Å²) in [6, 6.07) is 19.1.